The first-order valence-electron chi connectivity index (χ1n) is 1.90. The molecule has 0 N–H and O–H groups in total. The highest BCUT2D eigenvalue weighted by atomic mass is 28.3. The molecule has 0 aromatic heterocycles. The lowest BCUT2D eigenvalue weighted by Gasteiger charge is -1.93. The van der Waals surface area contributed by atoms with Crippen LogP contribution in [0.1, 0.15) is 6.92 Å². The van der Waals surface area contributed by atoms with E-state index in [4.69, 9.17) is 0 Å². The molecule has 2 nitrogen and oxygen atoms in total. The van der Waals surface area contributed by atoms with Crippen LogP contribution in [-0.4, -0.2) is 16.1 Å². The average Bonchev–Trinajstić information content (AvgIpc) is 1.67. The van der Waals surface area contributed by atoms with E-state index in [2.05, 4.69) is 11.0 Å². The summed E-state index contributed by atoms with van der Waals surface area (Å²) in [6.45, 7) is 4.70. The van der Waals surface area contributed by atoms with E-state index in [0.29, 0.717) is 0 Å². The van der Waals surface area contributed by atoms with Gasteiger partial charge in [-0.25, -0.2) is 4.79 Å². The lowest BCUT2D eigenvalue weighted by atomic mass is 10.4. The fourth-order valence-electron chi connectivity index (χ4n) is 0.122. The summed E-state index contributed by atoms with van der Waals surface area (Å²) in [6.07, 6.45) is 0. The van der Waals surface area contributed by atoms with Crippen LogP contribution in [0.4, 0.5) is 4.11 Å². The Kier molecular flexibility index (Phi) is 3.10. The van der Waals surface area contributed by atoms with Gasteiger partial charge in [0, 0.05) is 5.57 Å². The molecule has 0 unspecified atom stereocenters. The molecule has 8 heavy (non-hydrogen) atoms. The third-order valence-electron chi connectivity index (χ3n) is 0.480. The molecule has 2 radical (unpaired) electrons. The first-order valence-corrected chi connectivity index (χ1v) is 2.69. The summed E-state index contributed by atoms with van der Waals surface area (Å²) < 4.78 is 15.1. The van der Waals surface area contributed by atoms with Crippen molar-refractivity contribution in [2.75, 3.05) is 0 Å². The molecule has 0 fully saturated rings. The van der Waals surface area contributed by atoms with Crippen molar-refractivity contribution in [3.63, 3.8) is 0 Å². The van der Waals surface area contributed by atoms with Crippen LogP contribution in [0, 0.1) is 0 Å². The van der Waals surface area contributed by atoms with Gasteiger partial charge in [0.2, 0.25) is 0 Å². The maximum Gasteiger partial charge on any atom is 0.568 e. The first kappa shape index (κ1) is 7.36. The Labute approximate surface area is 49.5 Å². The van der Waals surface area contributed by atoms with Gasteiger partial charge in [-0.05, 0) is 6.92 Å². The molecule has 0 saturated carbocycles. The van der Waals surface area contributed by atoms with E-state index in [1.165, 1.54) is 6.92 Å². The van der Waals surface area contributed by atoms with Crippen molar-refractivity contribution in [1.82, 2.24) is 0 Å². The van der Waals surface area contributed by atoms with Gasteiger partial charge < -0.3 is 4.43 Å². The summed E-state index contributed by atoms with van der Waals surface area (Å²) >= 11 is 0. The van der Waals surface area contributed by atoms with Gasteiger partial charge in [0.25, 0.3) is 0 Å². The van der Waals surface area contributed by atoms with E-state index < -0.39 is 16.1 Å². The molecule has 0 amide bonds. The molecule has 0 saturated heterocycles. The maximum atomic E-state index is 11.1. The number of halogens is 1. The van der Waals surface area contributed by atoms with Crippen molar-refractivity contribution in [2.45, 2.75) is 6.92 Å². The van der Waals surface area contributed by atoms with Gasteiger partial charge in [-0.1, -0.05) is 6.58 Å². The fraction of sp³-hybridized carbons (Fsp3) is 0.250. The smallest absolute Gasteiger partial charge is 0.484 e. The topological polar surface area (TPSA) is 26.3 Å². The number of hydrogen-bond donors (Lipinski definition) is 0. The van der Waals surface area contributed by atoms with Crippen molar-refractivity contribution >= 4 is 16.1 Å². The average molecular weight is 132 g/mol. The predicted octanol–water partition coefficient (Wildman–Crippen LogP) is 0.609. The predicted molar refractivity (Wildman–Crippen MR) is 27.8 cm³/mol. The molecule has 0 rings (SSSR count). The molecule has 0 aliphatic rings. The number of hydrogen-bond acceptors (Lipinski definition) is 2. The van der Waals surface area contributed by atoms with Crippen LogP contribution in [0.3, 0.4) is 0 Å². The van der Waals surface area contributed by atoms with Crippen LogP contribution in [0.15, 0.2) is 12.2 Å². The van der Waals surface area contributed by atoms with E-state index in [9.17, 15) is 8.90 Å². The highest BCUT2D eigenvalue weighted by Crippen LogP contribution is 1.89. The molecule has 0 spiro atoms. The Balaban J connectivity index is 3.49. The van der Waals surface area contributed by atoms with Gasteiger partial charge in [-0.3, -0.25) is 4.11 Å². The van der Waals surface area contributed by atoms with Gasteiger partial charge in [-0.2, -0.15) is 0 Å². The van der Waals surface area contributed by atoms with Crippen molar-refractivity contribution < 1.29 is 13.3 Å². The number of carbonyl (C=O) groups excluding carboxylic acids is 1. The normalized spacial score (nSPS) is 8.25. The number of carbonyl (C=O) groups is 1. The minimum absolute atomic E-state index is 0.218. The summed E-state index contributed by atoms with van der Waals surface area (Å²) in [5.74, 6) is -0.675. The van der Waals surface area contributed by atoms with E-state index in [-0.39, 0.29) is 5.57 Å². The fourth-order valence-corrected chi connectivity index (χ4v) is 0.366. The Morgan fingerprint density at radius 1 is 1.88 bits per heavy atom. The third kappa shape index (κ3) is 2.52. The quantitative estimate of drug-likeness (QED) is 0.312. The molecular formula is C4H5FO2Si. The van der Waals surface area contributed by atoms with E-state index in [1.807, 2.05) is 0 Å². The van der Waals surface area contributed by atoms with Gasteiger partial charge in [-0.15, -0.1) is 0 Å². The molecule has 0 aliphatic carbocycles. The maximum absolute atomic E-state index is 11.1. The Morgan fingerprint density at radius 2 is 2.38 bits per heavy atom. The highest BCUT2D eigenvalue weighted by molar-refractivity contribution is 6.22. The Hall–Kier alpha value is -0.643. The molecule has 0 aromatic carbocycles. The molecule has 0 bridgehead atoms. The second-order valence-electron chi connectivity index (χ2n) is 1.25. The Bertz CT molecular complexity index is 113. The van der Waals surface area contributed by atoms with Crippen molar-refractivity contribution in [1.29, 1.82) is 0 Å². The van der Waals surface area contributed by atoms with E-state index >= 15 is 0 Å². The van der Waals surface area contributed by atoms with Crippen LogP contribution in [0.2, 0.25) is 0 Å². The third-order valence-corrected chi connectivity index (χ3v) is 0.742. The van der Waals surface area contributed by atoms with Gasteiger partial charge in [0.05, 0.1) is 0 Å². The van der Waals surface area contributed by atoms with Crippen LogP contribution < -0.4 is 0 Å². The summed E-state index contributed by atoms with van der Waals surface area (Å²) in [7, 11) is -1.28. The second-order valence-corrected chi connectivity index (χ2v) is 1.61. The monoisotopic (exact) mass is 132 g/mol. The van der Waals surface area contributed by atoms with E-state index in [1.54, 1.807) is 0 Å². The van der Waals surface area contributed by atoms with Crippen molar-refractivity contribution in [3.8, 4) is 0 Å². The summed E-state index contributed by atoms with van der Waals surface area (Å²) in [5, 5.41) is 0. The van der Waals surface area contributed by atoms with Gasteiger partial charge >= 0.3 is 16.1 Å². The summed E-state index contributed by atoms with van der Waals surface area (Å²) in [4.78, 5) is 10.2. The van der Waals surface area contributed by atoms with Crippen LogP contribution >= 0.6 is 0 Å². The molecular weight excluding hydrogens is 127 g/mol. The zero-order valence-electron chi connectivity index (χ0n) is 4.40. The summed E-state index contributed by atoms with van der Waals surface area (Å²) in [6, 6.07) is 0. The minimum Gasteiger partial charge on any atom is -0.484 e. The summed E-state index contributed by atoms with van der Waals surface area (Å²) in [5.41, 5.74) is 0.218. The zero-order valence-corrected chi connectivity index (χ0v) is 5.40. The highest BCUT2D eigenvalue weighted by Gasteiger charge is 2.01. The van der Waals surface area contributed by atoms with E-state index in [0.717, 1.165) is 0 Å². The molecule has 44 valence electrons. The van der Waals surface area contributed by atoms with Crippen LogP contribution in [0.5, 0.6) is 0 Å². The molecule has 0 heterocycles. The molecule has 0 aromatic rings. The van der Waals surface area contributed by atoms with Crippen molar-refractivity contribution in [2.24, 2.45) is 0 Å². The van der Waals surface area contributed by atoms with Crippen LogP contribution in [-0.2, 0) is 9.22 Å². The zero-order chi connectivity index (χ0) is 6.57. The van der Waals surface area contributed by atoms with Gasteiger partial charge in [0.1, 0.15) is 0 Å². The lowest BCUT2D eigenvalue weighted by molar-refractivity contribution is -0.130. The van der Waals surface area contributed by atoms with Crippen molar-refractivity contribution in [3.05, 3.63) is 12.2 Å². The Morgan fingerprint density at radius 3 is 2.50 bits per heavy atom. The number of rotatable bonds is 2. The first-order chi connectivity index (χ1) is 3.68. The SMILES string of the molecule is C=C(C)C(=O)O[Si]F. The second kappa shape index (κ2) is 3.37. The molecule has 0 atom stereocenters. The molecule has 0 aliphatic heterocycles. The van der Waals surface area contributed by atoms with Gasteiger partial charge in [0.15, 0.2) is 0 Å². The van der Waals surface area contributed by atoms with Crippen LogP contribution in [0.25, 0.3) is 0 Å². The minimum atomic E-state index is -1.28. The molecule has 4 heteroatoms. The standard InChI is InChI=1S/C4H5FO2Si/c1-3(2)4(6)7-8-5/h1H2,2H3. The largest absolute Gasteiger partial charge is 0.568 e. The lowest BCUT2D eigenvalue weighted by Crippen LogP contribution is -2.05.